The molecule has 236 valence electrons. The van der Waals surface area contributed by atoms with Crippen molar-refractivity contribution in [2.75, 3.05) is 18.0 Å². The highest BCUT2D eigenvalue weighted by Crippen LogP contribution is 2.45. The molecule has 1 saturated carbocycles. The quantitative estimate of drug-likeness (QED) is 0.0641. The van der Waals surface area contributed by atoms with Crippen molar-refractivity contribution in [3.8, 4) is 0 Å². The number of hydrogen-bond acceptors (Lipinski definition) is 12. The number of aromatic nitrogens is 1. The summed E-state index contributed by atoms with van der Waals surface area (Å²) in [4.78, 5) is 68.9. The van der Waals surface area contributed by atoms with E-state index in [0.29, 0.717) is 30.5 Å². The molecule has 5 N–H and O–H groups in total. The van der Waals surface area contributed by atoms with E-state index in [2.05, 4.69) is 25.5 Å². The van der Waals surface area contributed by atoms with Crippen LogP contribution in [0.15, 0.2) is 33.0 Å². The number of esters is 2. The second kappa shape index (κ2) is 12.6. The topological polar surface area (TPSA) is 193 Å². The number of halogens is 3. The largest absolute Gasteiger partial charge is 0.491 e. The van der Waals surface area contributed by atoms with Gasteiger partial charge in [-0.3, -0.25) is 19.3 Å². The summed E-state index contributed by atoms with van der Waals surface area (Å²) in [5.41, 5.74) is 5.34. The zero-order valence-electron chi connectivity index (χ0n) is 22.9. The second-order valence-corrected chi connectivity index (χ2v) is 12.5. The maximum atomic E-state index is 13.4. The summed E-state index contributed by atoms with van der Waals surface area (Å²) < 4.78 is 43.4. The maximum absolute atomic E-state index is 13.4. The fraction of sp³-hybridized carbons (Fsp3) is 0.500. The number of nitrogens with two attached hydrogens (primary N) is 1. The summed E-state index contributed by atoms with van der Waals surface area (Å²) in [7, 11) is 0. The number of amides is 3. The number of allylic oxidation sites excluding steroid dienone is 1. The summed E-state index contributed by atoms with van der Waals surface area (Å²) in [6.45, 7) is 0.327. The molecule has 18 heteroatoms. The summed E-state index contributed by atoms with van der Waals surface area (Å²) in [6, 6.07) is -1.29. The Hall–Kier alpha value is -3.93. The normalized spacial score (nSPS) is 24.0. The first-order chi connectivity index (χ1) is 20.9. The van der Waals surface area contributed by atoms with Gasteiger partial charge in [0.2, 0.25) is 5.91 Å². The first kappa shape index (κ1) is 31.5. The van der Waals surface area contributed by atoms with Crippen LogP contribution in [0.4, 0.5) is 18.3 Å². The Morgan fingerprint density at radius 2 is 1.95 bits per heavy atom. The smallest absolute Gasteiger partial charge is 0.410 e. The number of β-lactam (4-membered cyclic amide) rings is 1. The Morgan fingerprint density at radius 1 is 1.23 bits per heavy atom. The molecule has 4 aliphatic rings. The van der Waals surface area contributed by atoms with Crippen LogP contribution in [-0.2, 0) is 28.7 Å². The standard InChI is InChI=1S/C26H27F3N6O7S2/c27-26(28,29)24(40)42-23(39)18-14(13(12-6-7-31-19(12)36)8-11-4-2-1-3-5-11)9-43-22-17(21(38)35(18)22)33-20(37)16(34-41)15-10-44-25(30)32-15/h10-11,17,22,41H,1-9H2,(H2,30,32)(H,31,36)(H,33,37)/b13-12+,34-16-/t17-,22-/m1/s1. The number of fused-ring (bicyclic) bond motifs is 1. The van der Waals surface area contributed by atoms with Crippen molar-refractivity contribution in [3.63, 3.8) is 0 Å². The number of alkyl halides is 3. The van der Waals surface area contributed by atoms with Crippen LogP contribution in [0.1, 0.15) is 50.6 Å². The molecule has 1 aliphatic carbocycles. The molecule has 3 aliphatic heterocycles. The molecule has 0 spiro atoms. The van der Waals surface area contributed by atoms with Gasteiger partial charge in [-0.15, -0.1) is 23.1 Å². The van der Waals surface area contributed by atoms with Crippen LogP contribution in [0.25, 0.3) is 0 Å². The summed E-state index contributed by atoms with van der Waals surface area (Å²) >= 11 is 2.08. The Bertz CT molecular complexity index is 1500. The zero-order valence-corrected chi connectivity index (χ0v) is 24.6. The number of rotatable bonds is 7. The van der Waals surface area contributed by atoms with Crippen molar-refractivity contribution < 1.29 is 47.1 Å². The number of nitrogens with one attached hydrogen (secondary N) is 2. The van der Waals surface area contributed by atoms with Crippen molar-refractivity contribution in [2.45, 2.75) is 62.5 Å². The maximum Gasteiger partial charge on any atom is 0.491 e. The molecule has 0 bridgehead atoms. The van der Waals surface area contributed by atoms with Crippen LogP contribution in [0.2, 0.25) is 0 Å². The number of anilines is 1. The third-order valence-electron chi connectivity index (χ3n) is 7.83. The Kier molecular flexibility index (Phi) is 9.01. The highest BCUT2D eigenvalue weighted by atomic mass is 32.2. The average molecular weight is 657 g/mol. The van der Waals surface area contributed by atoms with Gasteiger partial charge >= 0.3 is 18.1 Å². The number of nitrogens with zero attached hydrogens (tertiary/aromatic N) is 3. The van der Waals surface area contributed by atoms with E-state index in [0.717, 1.165) is 60.1 Å². The molecule has 44 heavy (non-hydrogen) atoms. The minimum Gasteiger partial charge on any atom is -0.410 e. The molecule has 4 heterocycles. The van der Waals surface area contributed by atoms with Gasteiger partial charge in [-0.05, 0) is 29.9 Å². The fourth-order valence-corrected chi connectivity index (χ4v) is 7.70. The molecular formula is C26H27F3N6O7S2. The van der Waals surface area contributed by atoms with Gasteiger partial charge in [-0.25, -0.2) is 14.6 Å². The predicted octanol–water partition coefficient (Wildman–Crippen LogP) is 1.98. The monoisotopic (exact) mass is 656 g/mol. The van der Waals surface area contributed by atoms with Crippen molar-refractivity contribution >= 4 is 63.6 Å². The molecule has 13 nitrogen and oxygen atoms in total. The number of oxime groups is 1. The third kappa shape index (κ3) is 6.17. The molecule has 0 aromatic carbocycles. The van der Waals surface area contributed by atoms with E-state index >= 15 is 0 Å². The summed E-state index contributed by atoms with van der Waals surface area (Å²) in [5.74, 6) is -6.60. The Labute approximate surface area is 256 Å². The van der Waals surface area contributed by atoms with E-state index in [-0.39, 0.29) is 34.0 Å². The third-order valence-corrected chi connectivity index (χ3v) is 9.78. The van der Waals surface area contributed by atoms with Gasteiger partial charge in [0.15, 0.2) is 10.8 Å². The van der Waals surface area contributed by atoms with Gasteiger partial charge in [0.05, 0.1) is 0 Å². The van der Waals surface area contributed by atoms with Crippen LogP contribution in [-0.4, -0.2) is 80.4 Å². The number of carbonyl (C=O) groups excluding carboxylic acids is 5. The van der Waals surface area contributed by atoms with Gasteiger partial charge in [0.1, 0.15) is 22.8 Å². The summed E-state index contributed by atoms with van der Waals surface area (Å²) in [6.07, 6.45) is -0.154. The highest BCUT2D eigenvalue weighted by molar-refractivity contribution is 8.00. The van der Waals surface area contributed by atoms with E-state index < -0.39 is 52.8 Å². The minimum atomic E-state index is -5.48. The lowest BCUT2D eigenvalue weighted by Crippen LogP contribution is -2.71. The molecule has 1 aromatic heterocycles. The molecular weight excluding hydrogens is 629 g/mol. The molecule has 0 radical (unpaired) electrons. The van der Waals surface area contributed by atoms with E-state index in [1.54, 1.807) is 0 Å². The molecule has 0 unspecified atom stereocenters. The van der Waals surface area contributed by atoms with E-state index in [1.807, 2.05) is 0 Å². The fourth-order valence-electron chi connectivity index (χ4n) is 5.77. The van der Waals surface area contributed by atoms with Crippen LogP contribution in [0.3, 0.4) is 0 Å². The second-order valence-electron chi connectivity index (χ2n) is 10.6. The van der Waals surface area contributed by atoms with Crippen molar-refractivity contribution in [3.05, 3.63) is 33.5 Å². The number of hydrogen-bond donors (Lipinski definition) is 4. The van der Waals surface area contributed by atoms with Crippen LogP contribution >= 0.6 is 23.1 Å². The van der Waals surface area contributed by atoms with E-state index in [4.69, 9.17) is 5.73 Å². The Morgan fingerprint density at radius 3 is 2.55 bits per heavy atom. The van der Waals surface area contributed by atoms with Crippen molar-refractivity contribution in [1.29, 1.82) is 0 Å². The molecule has 5 rings (SSSR count). The van der Waals surface area contributed by atoms with Gasteiger partial charge in [0.25, 0.3) is 11.8 Å². The van der Waals surface area contributed by atoms with Gasteiger partial charge in [0, 0.05) is 23.3 Å². The lowest BCUT2D eigenvalue weighted by molar-refractivity contribution is -0.201. The van der Waals surface area contributed by atoms with E-state index in [1.165, 1.54) is 5.38 Å². The minimum absolute atomic E-state index is 0.0339. The molecule has 2 saturated heterocycles. The van der Waals surface area contributed by atoms with Gasteiger partial charge in [-0.2, -0.15) is 13.2 Å². The lowest BCUT2D eigenvalue weighted by atomic mass is 9.81. The van der Waals surface area contributed by atoms with Crippen molar-refractivity contribution in [1.82, 2.24) is 20.5 Å². The van der Waals surface area contributed by atoms with Crippen LogP contribution in [0, 0.1) is 5.92 Å². The van der Waals surface area contributed by atoms with Crippen LogP contribution in [0.5, 0.6) is 0 Å². The number of carbonyl (C=O) groups is 5. The number of thioether (sulfide) groups is 1. The molecule has 3 amide bonds. The number of thiazole rings is 1. The Balaban J connectivity index is 1.50. The predicted molar refractivity (Wildman–Crippen MR) is 150 cm³/mol. The summed E-state index contributed by atoms with van der Waals surface area (Å²) in [5, 5.41) is 17.9. The lowest BCUT2D eigenvalue weighted by Gasteiger charge is -2.50. The van der Waals surface area contributed by atoms with Gasteiger partial charge < -0.3 is 26.3 Å². The first-order valence-electron chi connectivity index (χ1n) is 13.7. The van der Waals surface area contributed by atoms with E-state index in [9.17, 15) is 42.4 Å². The zero-order chi connectivity index (χ0) is 31.8. The van der Waals surface area contributed by atoms with Crippen molar-refractivity contribution in [2.24, 2.45) is 11.1 Å². The molecule has 3 fully saturated rings. The SMILES string of the molecule is Nc1nc(/C(=N/O)C(=O)N[C@@H]2C(=O)N3C(C(=O)OC(=O)C(F)(F)F)=C(/C(CC4CCCCC4)=C4\CCNC4=O)CS[C@H]23)cs1. The molecule has 1 aromatic rings. The average Bonchev–Trinajstić information content (AvgIpc) is 3.61. The highest BCUT2D eigenvalue weighted by Gasteiger charge is 2.56. The van der Waals surface area contributed by atoms with Crippen LogP contribution < -0.4 is 16.4 Å². The van der Waals surface area contributed by atoms with Gasteiger partial charge in [-0.1, -0.05) is 37.3 Å². The number of nitrogen functional groups attached to an aromatic ring is 1. The first-order valence-corrected chi connectivity index (χ1v) is 15.6. The number of ether oxygens (including phenoxy) is 1. The molecule has 2 atom stereocenters.